The predicted molar refractivity (Wildman–Crippen MR) is 88.1 cm³/mol. The van der Waals surface area contributed by atoms with Crippen LogP contribution < -0.4 is 5.32 Å². The highest BCUT2D eigenvalue weighted by molar-refractivity contribution is 4.90. The summed E-state index contributed by atoms with van der Waals surface area (Å²) in [5.74, 6) is 0.863. The zero-order chi connectivity index (χ0) is 14.6. The molecule has 0 bridgehead atoms. The topological polar surface area (TPSA) is 15.3 Å². The summed E-state index contributed by atoms with van der Waals surface area (Å²) in [5.41, 5.74) is 0.457. The van der Waals surface area contributed by atoms with Gasteiger partial charge in [-0.1, -0.05) is 40.5 Å². The normalized spacial score (nSPS) is 33.9. The van der Waals surface area contributed by atoms with Gasteiger partial charge in [0.05, 0.1) is 0 Å². The molecule has 0 amide bonds. The highest BCUT2D eigenvalue weighted by Gasteiger charge is 2.35. The van der Waals surface area contributed by atoms with E-state index < -0.39 is 0 Å². The van der Waals surface area contributed by atoms with Gasteiger partial charge in [-0.2, -0.15) is 0 Å². The van der Waals surface area contributed by atoms with Crippen molar-refractivity contribution in [3.63, 3.8) is 0 Å². The lowest BCUT2D eigenvalue weighted by molar-refractivity contribution is 0.121. The van der Waals surface area contributed by atoms with Gasteiger partial charge in [0, 0.05) is 12.1 Å². The molecule has 2 nitrogen and oxygen atoms in total. The van der Waals surface area contributed by atoms with Gasteiger partial charge in [0.1, 0.15) is 0 Å². The summed E-state index contributed by atoms with van der Waals surface area (Å²) in [7, 11) is 0. The molecule has 0 radical (unpaired) electrons. The van der Waals surface area contributed by atoms with Crippen molar-refractivity contribution in [2.24, 2.45) is 11.3 Å². The van der Waals surface area contributed by atoms with Crippen LogP contribution in [-0.4, -0.2) is 36.6 Å². The Morgan fingerprint density at radius 3 is 2.40 bits per heavy atom. The monoisotopic (exact) mass is 280 g/mol. The summed E-state index contributed by atoms with van der Waals surface area (Å²) in [6, 6.07) is 1.53. The quantitative estimate of drug-likeness (QED) is 0.839. The number of hydrogen-bond acceptors (Lipinski definition) is 2. The Labute approximate surface area is 126 Å². The van der Waals surface area contributed by atoms with Gasteiger partial charge in [-0.15, -0.1) is 0 Å². The zero-order valence-corrected chi connectivity index (χ0v) is 14.3. The lowest BCUT2D eigenvalue weighted by Crippen LogP contribution is -2.48. The first-order valence-electron chi connectivity index (χ1n) is 8.99. The maximum Gasteiger partial charge on any atom is 0.0103 e. The van der Waals surface area contributed by atoms with Gasteiger partial charge >= 0.3 is 0 Å². The molecule has 0 aromatic rings. The van der Waals surface area contributed by atoms with E-state index in [1.807, 2.05) is 0 Å². The second kappa shape index (κ2) is 7.26. The van der Waals surface area contributed by atoms with Crippen LogP contribution in [0.1, 0.15) is 72.6 Å². The van der Waals surface area contributed by atoms with E-state index in [0.29, 0.717) is 5.41 Å². The number of nitrogens with one attached hydrogen (secondary N) is 1. The van der Waals surface area contributed by atoms with Crippen molar-refractivity contribution in [1.29, 1.82) is 0 Å². The van der Waals surface area contributed by atoms with Crippen LogP contribution in [0.2, 0.25) is 0 Å². The average molecular weight is 280 g/mol. The summed E-state index contributed by atoms with van der Waals surface area (Å²) in [4.78, 5) is 2.61. The summed E-state index contributed by atoms with van der Waals surface area (Å²) in [6.45, 7) is 13.4. The molecular formula is C18H36N2. The molecule has 1 aliphatic heterocycles. The molecule has 20 heavy (non-hydrogen) atoms. The van der Waals surface area contributed by atoms with Gasteiger partial charge in [-0.05, 0) is 63.1 Å². The molecule has 118 valence electrons. The van der Waals surface area contributed by atoms with Crippen LogP contribution in [-0.2, 0) is 0 Å². The summed E-state index contributed by atoms with van der Waals surface area (Å²) < 4.78 is 0. The number of rotatable bonds is 3. The smallest absolute Gasteiger partial charge is 0.0103 e. The summed E-state index contributed by atoms with van der Waals surface area (Å²) >= 11 is 0. The molecule has 0 aromatic carbocycles. The van der Waals surface area contributed by atoms with E-state index in [9.17, 15) is 0 Å². The molecule has 3 atom stereocenters. The van der Waals surface area contributed by atoms with Gasteiger partial charge in [-0.3, -0.25) is 0 Å². The third kappa shape index (κ3) is 4.46. The van der Waals surface area contributed by atoms with E-state index >= 15 is 0 Å². The van der Waals surface area contributed by atoms with Crippen molar-refractivity contribution >= 4 is 0 Å². The molecule has 3 unspecified atom stereocenters. The largest absolute Gasteiger partial charge is 0.311 e. The van der Waals surface area contributed by atoms with E-state index in [1.165, 1.54) is 64.6 Å². The average Bonchev–Trinajstić information content (AvgIpc) is 2.63. The second-order valence-corrected chi connectivity index (χ2v) is 8.09. The summed E-state index contributed by atoms with van der Waals surface area (Å²) in [5, 5.41) is 4.07. The van der Waals surface area contributed by atoms with Crippen LogP contribution in [0.25, 0.3) is 0 Å². The molecule has 1 N–H and O–H groups in total. The van der Waals surface area contributed by atoms with Crippen molar-refractivity contribution < 1.29 is 0 Å². The minimum atomic E-state index is 0.457. The maximum absolute atomic E-state index is 4.07. The van der Waals surface area contributed by atoms with E-state index in [1.54, 1.807) is 0 Å². The van der Waals surface area contributed by atoms with Gasteiger partial charge in [0.15, 0.2) is 0 Å². The highest BCUT2D eigenvalue weighted by Crippen LogP contribution is 2.38. The fraction of sp³-hybridized carbons (Fsp3) is 1.00. The molecule has 2 heteroatoms. The minimum Gasteiger partial charge on any atom is -0.311 e. The molecule has 2 fully saturated rings. The molecular weight excluding hydrogens is 244 g/mol. The van der Waals surface area contributed by atoms with Gasteiger partial charge in [-0.25, -0.2) is 0 Å². The van der Waals surface area contributed by atoms with Gasteiger partial charge in [0.25, 0.3) is 0 Å². The highest BCUT2D eigenvalue weighted by atomic mass is 15.1. The first-order valence-corrected chi connectivity index (χ1v) is 8.99. The fourth-order valence-corrected chi connectivity index (χ4v) is 4.31. The van der Waals surface area contributed by atoms with Crippen molar-refractivity contribution in [3.05, 3.63) is 0 Å². The lowest BCUT2D eigenvalue weighted by atomic mass is 9.69. The van der Waals surface area contributed by atoms with E-state index in [0.717, 1.165) is 18.0 Å². The molecule has 2 rings (SSSR count). The lowest BCUT2D eigenvalue weighted by Gasteiger charge is -2.42. The number of likely N-dealkylation sites (tertiary alicyclic amines) is 1. The molecule has 1 aliphatic carbocycles. The number of hydrogen-bond donors (Lipinski definition) is 1. The Morgan fingerprint density at radius 1 is 0.950 bits per heavy atom. The molecule has 1 saturated carbocycles. The minimum absolute atomic E-state index is 0.457. The zero-order valence-electron chi connectivity index (χ0n) is 14.3. The Kier molecular flexibility index (Phi) is 5.92. The Hall–Kier alpha value is -0.0800. The van der Waals surface area contributed by atoms with Crippen LogP contribution in [0, 0.1) is 11.3 Å². The van der Waals surface area contributed by atoms with Crippen LogP contribution >= 0.6 is 0 Å². The first-order chi connectivity index (χ1) is 9.50. The van der Waals surface area contributed by atoms with Crippen molar-refractivity contribution in [1.82, 2.24) is 10.2 Å². The molecule has 0 spiro atoms. The van der Waals surface area contributed by atoms with Crippen LogP contribution in [0.3, 0.4) is 0 Å². The standard InChI is InChI=1S/C18H36N2/c1-5-20-13-8-9-15(12-14-20)19-17-11-7-6-10-16(17)18(2,3)4/h15-17,19H,5-14H2,1-4H3. The third-order valence-electron chi connectivity index (χ3n) is 5.60. The van der Waals surface area contributed by atoms with Crippen LogP contribution in [0.4, 0.5) is 0 Å². The molecule has 0 aromatic heterocycles. The van der Waals surface area contributed by atoms with Crippen molar-refractivity contribution in [2.75, 3.05) is 19.6 Å². The van der Waals surface area contributed by atoms with Gasteiger partial charge < -0.3 is 10.2 Å². The summed E-state index contributed by atoms with van der Waals surface area (Å²) in [6.07, 6.45) is 9.79. The van der Waals surface area contributed by atoms with Crippen LogP contribution in [0.15, 0.2) is 0 Å². The van der Waals surface area contributed by atoms with Crippen molar-refractivity contribution in [2.45, 2.75) is 84.7 Å². The SMILES string of the molecule is CCN1CCCC(NC2CCCCC2C(C)(C)C)CC1. The number of nitrogens with zero attached hydrogens (tertiary/aromatic N) is 1. The molecule has 1 heterocycles. The van der Waals surface area contributed by atoms with E-state index in [4.69, 9.17) is 0 Å². The third-order valence-corrected chi connectivity index (χ3v) is 5.60. The van der Waals surface area contributed by atoms with Crippen LogP contribution in [0.5, 0.6) is 0 Å². The fourth-order valence-electron chi connectivity index (χ4n) is 4.31. The van der Waals surface area contributed by atoms with Gasteiger partial charge in [0.2, 0.25) is 0 Å². The Bertz CT molecular complexity index is 282. The predicted octanol–water partition coefficient (Wildman–Crippen LogP) is 4.06. The second-order valence-electron chi connectivity index (χ2n) is 8.09. The van der Waals surface area contributed by atoms with E-state index in [-0.39, 0.29) is 0 Å². The first kappa shape index (κ1) is 16.3. The maximum atomic E-state index is 4.07. The van der Waals surface area contributed by atoms with Crippen molar-refractivity contribution in [3.8, 4) is 0 Å². The Balaban J connectivity index is 1.90. The Morgan fingerprint density at radius 2 is 1.70 bits per heavy atom. The molecule has 2 aliphatic rings. The van der Waals surface area contributed by atoms with E-state index in [2.05, 4.69) is 37.9 Å². The molecule has 1 saturated heterocycles.